The molecule has 2 aromatic carbocycles. The van der Waals surface area contributed by atoms with Crippen molar-refractivity contribution in [1.29, 1.82) is 0 Å². The number of hydrogen-bond acceptors (Lipinski definition) is 7. The molecule has 2 aromatic heterocycles. The summed E-state index contributed by atoms with van der Waals surface area (Å²) in [6.45, 7) is -0.198. The second kappa shape index (κ2) is 8.81. The number of amides is 2. The first kappa shape index (κ1) is 20.9. The van der Waals surface area contributed by atoms with Crippen LogP contribution in [0.1, 0.15) is 10.5 Å². The van der Waals surface area contributed by atoms with Gasteiger partial charge in [-0.2, -0.15) is 10.2 Å². The third kappa shape index (κ3) is 4.11. The number of ether oxygens (including phenoxy) is 1. The number of hydrazine groups is 1. The van der Waals surface area contributed by atoms with Crippen LogP contribution in [0, 0.1) is 4.77 Å². The number of benzene rings is 2. The maximum absolute atomic E-state index is 12.5. The van der Waals surface area contributed by atoms with Crippen LogP contribution in [0.15, 0.2) is 53.3 Å². The number of aromatic amines is 2. The van der Waals surface area contributed by atoms with E-state index in [-0.39, 0.29) is 17.0 Å². The lowest BCUT2D eigenvalue weighted by Crippen LogP contribution is -2.43. The van der Waals surface area contributed by atoms with Gasteiger partial charge >= 0.3 is 0 Å². The molecular formula is C20H17N7O4S. The van der Waals surface area contributed by atoms with E-state index in [4.69, 9.17) is 17.0 Å². The van der Waals surface area contributed by atoms with Gasteiger partial charge in [0, 0.05) is 10.9 Å². The van der Waals surface area contributed by atoms with Crippen LogP contribution < -0.4 is 21.1 Å². The molecule has 162 valence electrons. The van der Waals surface area contributed by atoms with Crippen LogP contribution in [0.4, 0.5) is 0 Å². The van der Waals surface area contributed by atoms with Crippen LogP contribution in [0.3, 0.4) is 0 Å². The Labute approximate surface area is 185 Å². The number of fused-ring (bicyclic) bond motifs is 1. The Morgan fingerprint density at radius 2 is 1.75 bits per heavy atom. The van der Waals surface area contributed by atoms with Crippen LogP contribution in [0.25, 0.3) is 22.2 Å². The minimum atomic E-state index is -0.683. The van der Waals surface area contributed by atoms with Gasteiger partial charge in [0.25, 0.3) is 17.4 Å². The quantitative estimate of drug-likeness (QED) is 0.264. The fourth-order valence-corrected chi connectivity index (χ4v) is 3.28. The van der Waals surface area contributed by atoms with Gasteiger partial charge in [0.15, 0.2) is 16.3 Å². The Balaban J connectivity index is 1.48. The van der Waals surface area contributed by atoms with E-state index in [0.29, 0.717) is 22.3 Å². The van der Waals surface area contributed by atoms with Crippen molar-refractivity contribution in [1.82, 2.24) is 35.8 Å². The van der Waals surface area contributed by atoms with Crippen LogP contribution in [-0.2, 0) is 11.3 Å². The summed E-state index contributed by atoms with van der Waals surface area (Å²) in [7, 11) is 1.56. The van der Waals surface area contributed by atoms with Gasteiger partial charge in [-0.05, 0) is 42.5 Å². The average Bonchev–Trinajstić information content (AvgIpc) is 3.18. The van der Waals surface area contributed by atoms with Crippen LogP contribution in [0.5, 0.6) is 5.75 Å². The summed E-state index contributed by atoms with van der Waals surface area (Å²) >= 11 is 5.23. The molecule has 0 aliphatic rings. The molecule has 12 heteroatoms. The standard InChI is InChI=1S/C20H17N7O4S/c1-31-12-8-6-11(7-9-12)17-23-26-20(32)27(17)10-15(28)21-25-19(30)16-13-4-2-3-5-14(13)18(29)24-22-16/h2-9H,10H2,1H3,(H,21,28)(H,24,29)(H,25,30)(H,26,32). The maximum atomic E-state index is 12.5. The van der Waals surface area contributed by atoms with Gasteiger partial charge in [0.1, 0.15) is 12.3 Å². The summed E-state index contributed by atoms with van der Waals surface area (Å²) in [4.78, 5) is 36.9. The number of carbonyl (C=O) groups is 2. The minimum Gasteiger partial charge on any atom is -0.497 e. The van der Waals surface area contributed by atoms with Crippen LogP contribution in [0.2, 0.25) is 0 Å². The molecule has 4 N–H and O–H groups in total. The van der Waals surface area contributed by atoms with Crippen molar-refractivity contribution >= 4 is 34.8 Å². The normalized spacial score (nSPS) is 10.7. The molecule has 0 fully saturated rings. The molecule has 0 saturated heterocycles. The first-order chi connectivity index (χ1) is 15.5. The predicted molar refractivity (Wildman–Crippen MR) is 117 cm³/mol. The van der Waals surface area contributed by atoms with E-state index in [2.05, 4.69) is 31.2 Å². The highest BCUT2D eigenvalue weighted by Gasteiger charge is 2.16. The van der Waals surface area contributed by atoms with Gasteiger partial charge in [-0.1, -0.05) is 18.2 Å². The van der Waals surface area contributed by atoms with Crippen molar-refractivity contribution in [3.63, 3.8) is 0 Å². The van der Waals surface area contributed by atoms with Gasteiger partial charge < -0.3 is 4.74 Å². The number of carbonyl (C=O) groups excluding carboxylic acids is 2. The van der Waals surface area contributed by atoms with E-state index in [1.807, 2.05) is 0 Å². The number of nitrogens with one attached hydrogen (secondary N) is 4. The van der Waals surface area contributed by atoms with Crippen LogP contribution in [-0.4, -0.2) is 43.9 Å². The molecule has 0 atom stereocenters. The largest absolute Gasteiger partial charge is 0.497 e. The topological polar surface area (TPSA) is 147 Å². The Kier molecular flexibility index (Phi) is 5.77. The number of rotatable bonds is 5. The molecule has 4 aromatic rings. The van der Waals surface area contributed by atoms with Gasteiger partial charge in [-0.3, -0.25) is 34.9 Å². The summed E-state index contributed by atoms with van der Waals surface area (Å²) in [5.41, 5.74) is 4.90. The van der Waals surface area contributed by atoms with E-state index in [1.165, 1.54) is 4.57 Å². The lowest BCUT2D eigenvalue weighted by atomic mass is 10.1. The summed E-state index contributed by atoms with van der Waals surface area (Å²) in [5, 5.41) is 13.6. The third-order valence-corrected chi connectivity index (χ3v) is 4.95. The van der Waals surface area contributed by atoms with Crippen molar-refractivity contribution < 1.29 is 14.3 Å². The molecule has 32 heavy (non-hydrogen) atoms. The van der Waals surface area contributed by atoms with Crippen molar-refractivity contribution in [2.45, 2.75) is 6.54 Å². The first-order valence-corrected chi connectivity index (χ1v) is 9.75. The van der Waals surface area contributed by atoms with Gasteiger partial charge in [-0.15, -0.1) is 0 Å². The van der Waals surface area contributed by atoms with Gasteiger partial charge in [0.2, 0.25) is 0 Å². The summed E-state index contributed by atoms with van der Waals surface area (Å²) < 4.78 is 6.88. The van der Waals surface area contributed by atoms with Crippen molar-refractivity contribution in [2.75, 3.05) is 7.11 Å². The summed E-state index contributed by atoms with van der Waals surface area (Å²) in [6, 6.07) is 13.6. The number of H-pyrrole nitrogens is 2. The second-order valence-corrected chi connectivity index (χ2v) is 7.00. The van der Waals surface area contributed by atoms with E-state index >= 15 is 0 Å². The van der Waals surface area contributed by atoms with Crippen molar-refractivity contribution in [3.8, 4) is 17.1 Å². The highest BCUT2D eigenvalue weighted by Crippen LogP contribution is 2.20. The Morgan fingerprint density at radius 3 is 2.47 bits per heavy atom. The first-order valence-electron chi connectivity index (χ1n) is 9.34. The maximum Gasteiger partial charge on any atom is 0.290 e. The molecule has 0 aliphatic carbocycles. The number of hydrogen-bond donors (Lipinski definition) is 4. The zero-order valence-corrected chi connectivity index (χ0v) is 17.5. The predicted octanol–water partition coefficient (Wildman–Crippen LogP) is 1.31. The molecule has 4 rings (SSSR count). The molecule has 0 spiro atoms. The molecule has 0 aliphatic heterocycles. The molecule has 0 bridgehead atoms. The Hall–Kier alpha value is -4.32. The monoisotopic (exact) mass is 451 g/mol. The molecule has 11 nitrogen and oxygen atoms in total. The zero-order valence-electron chi connectivity index (χ0n) is 16.7. The fourth-order valence-electron chi connectivity index (χ4n) is 3.08. The number of methoxy groups -OCH3 is 1. The smallest absolute Gasteiger partial charge is 0.290 e. The SMILES string of the molecule is COc1ccc(-c2n[nH]c(=S)n2CC(=O)NNC(=O)c2n[nH]c(=O)c3ccccc23)cc1. The second-order valence-electron chi connectivity index (χ2n) is 6.62. The van der Waals surface area contributed by atoms with Gasteiger partial charge in [-0.25, -0.2) is 5.10 Å². The van der Waals surface area contributed by atoms with E-state index in [0.717, 1.165) is 5.56 Å². The molecular weight excluding hydrogens is 434 g/mol. The Bertz CT molecular complexity index is 1420. The molecule has 0 saturated carbocycles. The summed E-state index contributed by atoms with van der Waals surface area (Å²) in [6.07, 6.45) is 0. The van der Waals surface area contributed by atoms with E-state index < -0.39 is 17.4 Å². The average molecular weight is 451 g/mol. The summed E-state index contributed by atoms with van der Waals surface area (Å²) in [5.74, 6) is -0.0954. The molecule has 2 heterocycles. The lowest BCUT2D eigenvalue weighted by Gasteiger charge is -2.10. The van der Waals surface area contributed by atoms with Crippen molar-refractivity contribution in [2.24, 2.45) is 0 Å². The number of aromatic nitrogens is 5. The molecule has 0 radical (unpaired) electrons. The highest BCUT2D eigenvalue weighted by atomic mass is 32.1. The highest BCUT2D eigenvalue weighted by molar-refractivity contribution is 7.71. The minimum absolute atomic E-state index is 0.0284. The van der Waals surface area contributed by atoms with E-state index in [9.17, 15) is 14.4 Å². The lowest BCUT2D eigenvalue weighted by molar-refractivity contribution is -0.122. The Morgan fingerprint density at radius 1 is 1.03 bits per heavy atom. The third-order valence-electron chi connectivity index (χ3n) is 4.63. The zero-order chi connectivity index (χ0) is 22.7. The molecule has 2 amide bonds. The van der Waals surface area contributed by atoms with Crippen molar-refractivity contribution in [3.05, 3.63) is 69.3 Å². The van der Waals surface area contributed by atoms with Crippen LogP contribution >= 0.6 is 12.2 Å². The molecule has 0 unspecified atom stereocenters. The number of nitrogens with zero attached hydrogens (tertiary/aromatic N) is 3. The fraction of sp³-hybridized carbons (Fsp3) is 0.100. The van der Waals surface area contributed by atoms with Gasteiger partial charge in [0.05, 0.1) is 12.5 Å². The van der Waals surface area contributed by atoms with E-state index in [1.54, 1.807) is 55.6 Å².